The van der Waals surface area contributed by atoms with Gasteiger partial charge in [0.25, 0.3) is 0 Å². The molecule has 2 unspecified atom stereocenters. The van der Waals surface area contributed by atoms with E-state index in [1.165, 1.54) is 6.42 Å². The fourth-order valence-corrected chi connectivity index (χ4v) is 2.71. The van der Waals surface area contributed by atoms with Crippen LogP contribution in [0.4, 0.5) is 0 Å². The lowest BCUT2D eigenvalue weighted by molar-refractivity contribution is -0.0823. The summed E-state index contributed by atoms with van der Waals surface area (Å²) in [7, 11) is 0. The van der Waals surface area contributed by atoms with Crippen LogP contribution in [0.3, 0.4) is 0 Å². The molecule has 1 fully saturated rings. The predicted octanol–water partition coefficient (Wildman–Crippen LogP) is 2.57. The van der Waals surface area contributed by atoms with E-state index in [0.717, 1.165) is 38.6 Å². The molecule has 116 valence electrons. The minimum absolute atomic E-state index is 0.174. The summed E-state index contributed by atoms with van der Waals surface area (Å²) >= 11 is 0. The first kappa shape index (κ1) is 17.0. The molecule has 1 aliphatic heterocycles. The van der Waals surface area contributed by atoms with Crippen LogP contribution in [-0.2, 0) is 4.74 Å². The Kier molecular flexibility index (Phi) is 7.06. The van der Waals surface area contributed by atoms with Gasteiger partial charge < -0.3 is 15.4 Å². The maximum Gasteiger partial charge on any atom is 0.191 e. The van der Waals surface area contributed by atoms with Crippen molar-refractivity contribution >= 4 is 5.96 Å². The van der Waals surface area contributed by atoms with Crippen molar-refractivity contribution in [3.8, 4) is 0 Å². The van der Waals surface area contributed by atoms with Crippen molar-refractivity contribution < 1.29 is 4.74 Å². The Morgan fingerprint density at radius 2 is 2.15 bits per heavy atom. The Labute approximate surface area is 124 Å². The molecule has 0 radical (unpaired) electrons. The highest BCUT2D eigenvalue weighted by molar-refractivity contribution is 5.79. The second-order valence-electron chi connectivity index (χ2n) is 6.45. The molecule has 0 aromatic heterocycles. The van der Waals surface area contributed by atoms with Gasteiger partial charge in [-0.3, -0.25) is 4.99 Å². The predicted molar refractivity (Wildman–Crippen MR) is 86.1 cm³/mol. The Hall–Kier alpha value is -1.03. The summed E-state index contributed by atoms with van der Waals surface area (Å²) in [5.41, 5.74) is 0.174. The number of rotatable bonds is 5. The number of nitrogens with zero attached hydrogens (tertiary/aromatic N) is 1. The first-order valence-electron chi connectivity index (χ1n) is 7.73. The molecule has 1 saturated heterocycles. The summed E-state index contributed by atoms with van der Waals surface area (Å²) in [6.07, 6.45) is 4.48. The van der Waals surface area contributed by atoms with Crippen LogP contribution in [-0.4, -0.2) is 38.3 Å². The molecule has 0 aliphatic carbocycles. The van der Waals surface area contributed by atoms with E-state index in [-0.39, 0.29) is 5.41 Å². The molecule has 4 nitrogen and oxygen atoms in total. The Morgan fingerprint density at radius 3 is 2.75 bits per heavy atom. The van der Waals surface area contributed by atoms with E-state index in [2.05, 4.69) is 44.9 Å². The van der Waals surface area contributed by atoms with E-state index in [1.54, 1.807) is 0 Å². The van der Waals surface area contributed by atoms with Crippen molar-refractivity contribution in [3.63, 3.8) is 0 Å². The number of hydrogen-bond acceptors (Lipinski definition) is 2. The maximum atomic E-state index is 6.00. The van der Waals surface area contributed by atoms with Gasteiger partial charge in [-0.25, -0.2) is 0 Å². The molecule has 1 rings (SSSR count). The van der Waals surface area contributed by atoms with Crippen LogP contribution >= 0.6 is 0 Å². The van der Waals surface area contributed by atoms with Crippen LogP contribution < -0.4 is 10.6 Å². The van der Waals surface area contributed by atoms with Crippen LogP contribution in [0.2, 0.25) is 0 Å². The lowest BCUT2D eigenvalue weighted by Gasteiger charge is -2.39. The summed E-state index contributed by atoms with van der Waals surface area (Å²) in [5, 5.41) is 6.50. The van der Waals surface area contributed by atoms with E-state index in [0.29, 0.717) is 12.0 Å². The fraction of sp³-hybridized carbons (Fsp3) is 0.812. The molecule has 0 amide bonds. The van der Waals surface area contributed by atoms with Crippen molar-refractivity contribution in [2.24, 2.45) is 16.3 Å². The van der Waals surface area contributed by atoms with Gasteiger partial charge in [0.15, 0.2) is 5.96 Å². The average Bonchev–Trinajstić information content (AvgIpc) is 2.41. The van der Waals surface area contributed by atoms with Gasteiger partial charge in [0.2, 0.25) is 0 Å². The number of nitrogens with one attached hydrogen (secondary N) is 2. The molecule has 20 heavy (non-hydrogen) atoms. The molecular weight excluding hydrogens is 250 g/mol. The zero-order valence-corrected chi connectivity index (χ0v) is 13.5. The Morgan fingerprint density at radius 1 is 1.40 bits per heavy atom. The fourth-order valence-electron chi connectivity index (χ4n) is 2.71. The standard InChI is InChI=1S/C16H31N3O/c1-6-10-18-15(17-7-2)19-12-13-9-8-11-20-14(13)16(3,4)5/h6,13-14H,1,7-12H2,2-5H3,(H2,17,18,19). The summed E-state index contributed by atoms with van der Waals surface area (Å²) in [6.45, 7) is 15.9. The van der Waals surface area contributed by atoms with Gasteiger partial charge in [0, 0.05) is 32.2 Å². The third-order valence-corrected chi connectivity index (χ3v) is 3.54. The van der Waals surface area contributed by atoms with Gasteiger partial charge >= 0.3 is 0 Å². The van der Waals surface area contributed by atoms with E-state index < -0.39 is 0 Å². The molecule has 2 atom stereocenters. The molecule has 0 aromatic rings. The number of aliphatic imine (C=N–C) groups is 1. The molecule has 0 bridgehead atoms. The normalized spacial score (nSPS) is 24.3. The van der Waals surface area contributed by atoms with Gasteiger partial charge in [-0.1, -0.05) is 26.8 Å². The van der Waals surface area contributed by atoms with E-state index >= 15 is 0 Å². The third-order valence-electron chi connectivity index (χ3n) is 3.54. The second-order valence-corrected chi connectivity index (χ2v) is 6.45. The Bertz CT molecular complexity index is 320. The van der Waals surface area contributed by atoms with Crippen molar-refractivity contribution in [2.45, 2.75) is 46.6 Å². The van der Waals surface area contributed by atoms with Crippen molar-refractivity contribution in [1.82, 2.24) is 10.6 Å². The number of ether oxygens (including phenoxy) is 1. The second kappa shape index (κ2) is 8.30. The third kappa shape index (κ3) is 5.53. The molecule has 0 aromatic carbocycles. The molecule has 2 N–H and O–H groups in total. The highest BCUT2D eigenvalue weighted by Crippen LogP contribution is 2.34. The Balaban J connectivity index is 2.64. The highest BCUT2D eigenvalue weighted by atomic mass is 16.5. The first-order valence-corrected chi connectivity index (χ1v) is 7.73. The van der Waals surface area contributed by atoms with Gasteiger partial charge in [-0.2, -0.15) is 0 Å². The van der Waals surface area contributed by atoms with Crippen LogP contribution in [0, 0.1) is 11.3 Å². The summed E-state index contributed by atoms with van der Waals surface area (Å²) in [4.78, 5) is 4.71. The maximum absolute atomic E-state index is 6.00. The van der Waals surface area contributed by atoms with Crippen molar-refractivity contribution in [1.29, 1.82) is 0 Å². The molecular formula is C16H31N3O. The van der Waals surface area contributed by atoms with E-state index in [9.17, 15) is 0 Å². The molecule has 1 aliphatic rings. The van der Waals surface area contributed by atoms with Gasteiger partial charge in [-0.15, -0.1) is 6.58 Å². The lowest BCUT2D eigenvalue weighted by atomic mass is 9.78. The van der Waals surface area contributed by atoms with E-state index in [1.807, 2.05) is 6.08 Å². The lowest BCUT2D eigenvalue weighted by Crippen LogP contribution is -2.42. The first-order chi connectivity index (χ1) is 9.49. The summed E-state index contributed by atoms with van der Waals surface area (Å²) in [5.74, 6) is 1.37. The van der Waals surface area contributed by atoms with Crippen LogP contribution in [0.25, 0.3) is 0 Å². The van der Waals surface area contributed by atoms with Crippen molar-refractivity contribution in [3.05, 3.63) is 12.7 Å². The largest absolute Gasteiger partial charge is 0.377 e. The van der Waals surface area contributed by atoms with Crippen LogP contribution in [0.1, 0.15) is 40.5 Å². The molecule has 1 heterocycles. The average molecular weight is 281 g/mol. The van der Waals surface area contributed by atoms with Crippen LogP contribution in [0.15, 0.2) is 17.6 Å². The van der Waals surface area contributed by atoms with Gasteiger partial charge in [0.05, 0.1) is 6.10 Å². The highest BCUT2D eigenvalue weighted by Gasteiger charge is 2.35. The minimum atomic E-state index is 0.174. The topological polar surface area (TPSA) is 45.7 Å². The monoisotopic (exact) mass is 281 g/mol. The van der Waals surface area contributed by atoms with Crippen LogP contribution in [0.5, 0.6) is 0 Å². The summed E-state index contributed by atoms with van der Waals surface area (Å²) in [6, 6.07) is 0. The molecule has 0 saturated carbocycles. The molecule has 0 spiro atoms. The van der Waals surface area contributed by atoms with Crippen molar-refractivity contribution in [2.75, 3.05) is 26.2 Å². The zero-order chi connectivity index (χ0) is 15.0. The quantitative estimate of drug-likeness (QED) is 0.462. The smallest absolute Gasteiger partial charge is 0.191 e. The summed E-state index contributed by atoms with van der Waals surface area (Å²) < 4.78 is 6.00. The van der Waals surface area contributed by atoms with Gasteiger partial charge in [0.1, 0.15) is 0 Å². The SMILES string of the molecule is C=CCNC(=NCC1CCCOC1C(C)(C)C)NCC. The number of guanidine groups is 1. The van der Waals surface area contributed by atoms with E-state index in [4.69, 9.17) is 9.73 Å². The molecule has 4 heteroatoms. The minimum Gasteiger partial charge on any atom is -0.377 e. The number of hydrogen-bond donors (Lipinski definition) is 2. The van der Waals surface area contributed by atoms with Gasteiger partial charge in [-0.05, 0) is 25.2 Å². The zero-order valence-electron chi connectivity index (χ0n) is 13.5.